The van der Waals surface area contributed by atoms with Crippen molar-refractivity contribution in [2.45, 2.75) is 6.92 Å². The molecule has 76 valence electrons. The third-order valence-electron chi connectivity index (χ3n) is 2.20. The van der Waals surface area contributed by atoms with Gasteiger partial charge in [-0.15, -0.1) is 0 Å². The van der Waals surface area contributed by atoms with Crippen molar-refractivity contribution in [2.75, 3.05) is 31.2 Å². The lowest BCUT2D eigenvalue weighted by molar-refractivity contribution is 0.122. The summed E-state index contributed by atoms with van der Waals surface area (Å²) in [5.74, 6) is 0.969. The van der Waals surface area contributed by atoms with E-state index in [1.165, 1.54) is 0 Å². The average Bonchev–Trinajstić information content (AvgIpc) is 2.19. The van der Waals surface area contributed by atoms with Crippen molar-refractivity contribution in [1.29, 1.82) is 0 Å². The van der Waals surface area contributed by atoms with Crippen LogP contribution in [-0.4, -0.2) is 36.3 Å². The summed E-state index contributed by atoms with van der Waals surface area (Å²) in [5.41, 5.74) is 0.960. The van der Waals surface area contributed by atoms with Gasteiger partial charge in [-0.25, -0.2) is 9.97 Å². The van der Waals surface area contributed by atoms with Crippen LogP contribution in [0.4, 0.5) is 5.82 Å². The SMILES string of the molecule is Cc1nc(Br)cnc1N1CCOCC1. The summed E-state index contributed by atoms with van der Waals surface area (Å²) in [6, 6.07) is 0. The minimum absolute atomic E-state index is 0.775. The molecule has 0 bridgehead atoms. The zero-order valence-electron chi connectivity index (χ0n) is 8.03. The summed E-state index contributed by atoms with van der Waals surface area (Å²) in [5, 5.41) is 0. The topological polar surface area (TPSA) is 38.2 Å². The monoisotopic (exact) mass is 257 g/mol. The van der Waals surface area contributed by atoms with Gasteiger partial charge < -0.3 is 9.64 Å². The molecule has 0 radical (unpaired) electrons. The van der Waals surface area contributed by atoms with E-state index < -0.39 is 0 Å². The van der Waals surface area contributed by atoms with Gasteiger partial charge in [0.25, 0.3) is 0 Å². The number of aryl methyl sites for hydroxylation is 1. The molecular formula is C9H12BrN3O. The van der Waals surface area contributed by atoms with Gasteiger partial charge in [0.05, 0.1) is 25.1 Å². The maximum atomic E-state index is 5.29. The highest BCUT2D eigenvalue weighted by molar-refractivity contribution is 9.10. The van der Waals surface area contributed by atoms with Crippen LogP contribution in [0, 0.1) is 6.92 Å². The quantitative estimate of drug-likeness (QED) is 0.762. The Morgan fingerprint density at radius 1 is 1.43 bits per heavy atom. The molecule has 0 spiro atoms. The fourth-order valence-electron chi connectivity index (χ4n) is 1.53. The number of halogens is 1. The molecular weight excluding hydrogens is 246 g/mol. The first-order valence-corrected chi connectivity index (χ1v) is 5.38. The van der Waals surface area contributed by atoms with Gasteiger partial charge in [-0.1, -0.05) is 0 Å². The molecule has 0 atom stereocenters. The van der Waals surface area contributed by atoms with Crippen LogP contribution in [0.15, 0.2) is 10.8 Å². The van der Waals surface area contributed by atoms with E-state index in [-0.39, 0.29) is 0 Å². The van der Waals surface area contributed by atoms with E-state index in [0.29, 0.717) is 0 Å². The van der Waals surface area contributed by atoms with Gasteiger partial charge in [-0.3, -0.25) is 0 Å². The van der Waals surface area contributed by atoms with Crippen LogP contribution in [-0.2, 0) is 4.74 Å². The van der Waals surface area contributed by atoms with Crippen molar-refractivity contribution < 1.29 is 4.74 Å². The van der Waals surface area contributed by atoms with E-state index in [9.17, 15) is 0 Å². The first-order chi connectivity index (χ1) is 6.77. The smallest absolute Gasteiger partial charge is 0.150 e. The number of hydrogen-bond donors (Lipinski definition) is 0. The van der Waals surface area contributed by atoms with Gasteiger partial charge in [0.2, 0.25) is 0 Å². The van der Waals surface area contributed by atoms with Crippen LogP contribution in [0.25, 0.3) is 0 Å². The van der Waals surface area contributed by atoms with Crippen molar-refractivity contribution in [3.05, 3.63) is 16.5 Å². The Morgan fingerprint density at radius 2 is 2.14 bits per heavy atom. The number of anilines is 1. The molecule has 14 heavy (non-hydrogen) atoms. The van der Waals surface area contributed by atoms with E-state index >= 15 is 0 Å². The van der Waals surface area contributed by atoms with Crippen LogP contribution in [0.5, 0.6) is 0 Å². The van der Waals surface area contributed by atoms with E-state index in [0.717, 1.165) is 42.4 Å². The van der Waals surface area contributed by atoms with E-state index in [1.807, 2.05) is 6.92 Å². The number of rotatable bonds is 1. The second-order valence-electron chi connectivity index (χ2n) is 3.20. The lowest BCUT2D eigenvalue weighted by Gasteiger charge is -2.28. The lowest BCUT2D eigenvalue weighted by atomic mass is 10.3. The first kappa shape index (κ1) is 9.86. The molecule has 5 heteroatoms. The molecule has 1 aromatic rings. The zero-order valence-corrected chi connectivity index (χ0v) is 9.62. The molecule has 4 nitrogen and oxygen atoms in total. The summed E-state index contributed by atoms with van der Waals surface area (Å²) < 4.78 is 6.07. The van der Waals surface area contributed by atoms with Gasteiger partial charge in [-0.2, -0.15) is 0 Å². The van der Waals surface area contributed by atoms with Crippen molar-refractivity contribution in [1.82, 2.24) is 9.97 Å². The van der Waals surface area contributed by atoms with Gasteiger partial charge in [0.15, 0.2) is 0 Å². The molecule has 0 N–H and O–H groups in total. The van der Waals surface area contributed by atoms with Gasteiger partial charge in [-0.05, 0) is 22.9 Å². The summed E-state index contributed by atoms with van der Waals surface area (Å²) in [6.45, 7) is 5.32. The number of ether oxygens (including phenoxy) is 1. The minimum Gasteiger partial charge on any atom is -0.378 e. The Hall–Kier alpha value is -0.680. The molecule has 1 saturated heterocycles. The van der Waals surface area contributed by atoms with E-state index in [2.05, 4.69) is 30.8 Å². The Balaban J connectivity index is 2.22. The van der Waals surface area contributed by atoms with Crippen molar-refractivity contribution in [2.24, 2.45) is 0 Å². The molecule has 2 rings (SSSR count). The van der Waals surface area contributed by atoms with Crippen LogP contribution in [0.2, 0.25) is 0 Å². The summed E-state index contributed by atoms with van der Waals surface area (Å²) in [7, 11) is 0. The molecule has 1 aliphatic heterocycles. The normalized spacial score (nSPS) is 17.1. The molecule has 1 fully saturated rings. The number of nitrogens with zero attached hydrogens (tertiary/aromatic N) is 3. The molecule has 0 unspecified atom stereocenters. The molecule has 0 amide bonds. The lowest BCUT2D eigenvalue weighted by Crippen LogP contribution is -2.37. The fraction of sp³-hybridized carbons (Fsp3) is 0.556. The highest BCUT2D eigenvalue weighted by Gasteiger charge is 2.14. The zero-order chi connectivity index (χ0) is 9.97. The third-order valence-corrected chi connectivity index (χ3v) is 2.58. The van der Waals surface area contributed by atoms with Gasteiger partial charge >= 0.3 is 0 Å². The molecule has 0 saturated carbocycles. The fourth-order valence-corrected chi connectivity index (χ4v) is 1.90. The standard InChI is InChI=1S/C9H12BrN3O/c1-7-9(11-6-8(10)12-7)13-2-4-14-5-3-13/h6H,2-5H2,1H3. The predicted molar refractivity (Wildman–Crippen MR) is 57.5 cm³/mol. The summed E-state index contributed by atoms with van der Waals surface area (Å²) in [4.78, 5) is 10.9. The second-order valence-corrected chi connectivity index (χ2v) is 4.01. The number of hydrogen-bond acceptors (Lipinski definition) is 4. The molecule has 1 aliphatic rings. The first-order valence-electron chi connectivity index (χ1n) is 4.59. The second kappa shape index (κ2) is 4.23. The van der Waals surface area contributed by atoms with Gasteiger partial charge in [0, 0.05) is 13.1 Å². The van der Waals surface area contributed by atoms with Crippen molar-refractivity contribution >= 4 is 21.7 Å². The Bertz CT molecular complexity index is 326. The predicted octanol–water partition coefficient (Wildman–Crippen LogP) is 1.38. The van der Waals surface area contributed by atoms with Crippen LogP contribution in [0.3, 0.4) is 0 Å². The highest BCUT2D eigenvalue weighted by Crippen LogP contribution is 2.17. The largest absolute Gasteiger partial charge is 0.378 e. The highest BCUT2D eigenvalue weighted by atomic mass is 79.9. The van der Waals surface area contributed by atoms with Crippen molar-refractivity contribution in [3.8, 4) is 0 Å². The molecule has 2 heterocycles. The Kier molecular flexibility index (Phi) is 2.98. The summed E-state index contributed by atoms with van der Waals surface area (Å²) in [6.07, 6.45) is 1.73. The van der Waals surface area contributed by atoms with Gasteiger partial charge in [0.1, 0.15) is 10.4 Å². The minimum atomic E-state index is 0.775. The molecule has 1 aromatic heterocycles. The molecule has 0 aromatic carbocycles. The summed E-state index contributed by atoms with van der Waals surface area (Å²) >= 11 is 3.30. The maximum absolute atomic E-state index is 5.29. The van der Waals surface area contributed by atoms with Crippen LogP contribution < -0.4 is 4.90 Å². The van der Waals surface area contributed by atoms with Crippen LogP contribution >= 0.6 is 15.9 Å². The average molecular weight is 258 g/mol. The Morgan fingerprint density at radius 3 is 2.79 bits per heavy atom. The third kappa shape index (κ3) is 2.04. The number of aromatic nitrogens is 2. The number of morpholine rings is 1. The molecule has 0 aliphatic carbocycles. The van der Waals surface area contributed by atoms with E-state index in [4.69, 9.17) is 4.74 Å². The van der Waals surface area contributed by atoms with E-state index in [1.54, 1.807) is 6.20 Å². The maximum Gasteiger partial charge on any atom is 0.150 e. The van der Waals surface area contributed by atoms with Crippen molar-refractivity contribution in [3.63, 3.8) is 0 Å². The Labute approximate surface area is 91.4 Å². The van der Waals surface area contributed by atoms with Crippen LogP contribution in [0.1, 0.15) is 5.69 Å².